The van der Waals surface area contributed by atoms with E-state index in [1.807, 2.05) is 4.68 Å². The number of aromatic amines is 1. The van der Waals surface area contributed by atoms with E-state index in [0.717, 1.165) is 5.92 Å². The number of hydrogen-bond donors (Lipinski definition) is 1. The van der Waals surface area contributed by atoms with Gasteiger partial charge in [-0.3, -0.25) is 0 Å². The fraction of sp³-hybridized carbons (Fsp3) is 0.857. The van der Waals surface area contributed by atoms with Crippen LogP contribution >= 0.6 is 12.2 Å². The summed E-state index contributed by atoms with van der Waals surface area (Å²) >= 11 is 5.00. The normalized spacial score (nSPS) is 27.4. The SMILES string of the molecule is CCCC1CC1n1[nH]nnc1=S. The fourth-order valence-corrected chi connectivity index (χ4v) is 1.87. The first-order chi connectivity index (χ1) is 5.83. The van der Waals surface area contributed by atoms with Crippen LogP contribution in [0.15, 0.2) is 0 Å². The maximum absolute atomic E-state index is 5.00. The summed E-state index contributed by atoms with van der Waals surface area (Å²) in [7, 11) is 0. The van der Waals surface area contributed by atoms with Crippen LogP contribution in [0.3, 0.4) is 0 Å². The van der Waals surface area contributed by atoms with Gasteiger partial charge in [0, 0.05) is 0 Å². The van der Waals surface area contributed by atoms with Gasteiger partial charge in [0.25, 0.3) is 0 Å². The molecule has 4 nitrogen and oxygen atoms in total. The number of nitrogens with one attached hydrogen (secondary N) is 1. The predicted molar refractivity (Wildman–Crippen MR) is 47.3 cm³/mol. The number of tetrazole rings is 1. The quantitative estimate of drug-likeness (QED) is 0.727. The second-order valence-corrected chi connectivity index (χ2v) is 3.67. The summed E-state index contributed by atoms with van der Waals surface area (Å²) in [6, 6.07) is 0.549. The summed E-state index contributed by atoms with van der Waals surface area (Å²) in [4.78, 5) is 0. The molecular formula is C7H12N4S. The third kappa shape index (κ3) is 1.29. The van der Waals surface area contributed by atoms with Crippen molar-refractivity contribution in [3.63, 3.8) is 0 Å². The summed E-state index contributed by atoms with van der Waals surface area (Å²) in [6.45, 7) is 2.21. The molecule has 1 heterocycles. The van der Waals surface area contributed by atoms with Crippen molar-refractivity contribution >= 4 is 12.2 Å². The highest BCUT2D eigenvalue weighted by molar-refractivity contribution is 7.71. The van der Waals surface area contributed by atoms with E-state index in [1.165, 1.54) is 19.3 Å². The number of rotatable bonds is 3. The Labute approximate surface area is 76.0 Å². The lowest BCUT2D eigenvalue weighted by Crippen LogP contribution is -1.98. The summed E-state index contributed by atoms with van der Waals surface area (Å²) < 4.78 is 2.48. The highest BCUT2D eigenvalue weighted by Crippen LogP contribution is 2.45. The molecule has 0 saturated heterocycles. The second-order valence-electron chi connectivity index (χ2n) is 3.30. The van der Waals surface area contributed by atoms with Crippen molar-refractivity contribution < 1.29 is 0 Å². The molecule has 1 fully saturated rings. The Kier molecular flexibility index (Phi) is 1.96. The molecule has 2 rings (SSSR count). The first-order valence-corrected chi connectivity index (χ1v) is 4.73. The first kappa shape index (κ1) is 7.91. The Balaban J connectivity index is 2.06. The van der Waals surface area contributed by atoms with Crippen LogP contribution in [0.1, 0.15) is 32.2 Å². The van der Waals surface area contributed by atoms with Gasteiger partial charge >= 0.3 is 0 Å². The lowest BCUT2D eigenvalue weighted by atomic mass is 10.2. The molecule has 66 valence electrons. The van der Waals surface area contributed by atoms with Gasteiger partial charge in [-0.15, -0.1) is 0 Å². The molecule has 1 aromatic heterocycles. The van der Waals surface area contributed by atoms with E-state index in [2.05, 4.69) is 22.4 Å². The van der Waals surface area contributed by atoms with Gasteiger partial charge in [0.2, 0.25) is 4.77 Å². The molecular weight excluding hydrogens is 172 g/mol. The summed E-state index contributed by atoms with van der Waals surface area (Å²) in [6.07, 6.45) is 3.76. The summed E-state index contributed by atoms with van der Waals surface area (Å²) in [5.41, 5.74) is 0. The van der Waals surface area contributed by atoms with E-state index in [-0.39, 0.29) is 0 Å². The van der Waals surface area contributed by atoms with Gasteiger partial charge in [-0.2, -0.15) is 5.21 Å². The predicted octanol–water partition coefficient (Wildman–Crippen LogP) is 1.70. The van der Waals surface area contributed by atoms with Gasteiger partial charge in [0.1, 0.15) is 0 Å². The standard InChI is InChI=1S/C7H12N4S/c1-2-3-5-4-6(5)11-7(12)8-9-10-11/h5-6H,2-4H2,1H3,(H,8,10,12). The van der Waals surface area contributed by atoms with Gasteiger partial charge in [-0.1, -0.05) is 23.7 Å². The molecule has 0 radical (unpaired) electrons. The van der Waals surface area contributed by atoms with Crippen molar-refractivity contribution in [3.05, 3.63) is 4.77 Å². The molecule has 0 amide bonds. The van der Waals surface area contributed by atoms with Crippen molar-refractivity contribution in [2.45, 2.75) is 32.2 Å². The van der Waals surface area contributed by atoms with E-state index >= 15 is 0 Å². The molecule has 0 bridgehead atoms. The number of aromatic nitrogens is 4. The highest BCUT2D eigenvalue weighted by Gasteiger charge is 2.38. The average molecular weight is 184 g/mol. The summed E-state index contributed by atoms with van der Waals surface area (Å²) in [5, 5.41) is 10.2. The number of H-pyrrole nitrogens is 1. The van der Waals surface area contributed by atoms with Crippen LogP contribution in [-0.2, 0) is 0 Å². The zero-order chi connectivity index (χ0) is 8.55. The second kappa shape index (κ2) is 2.97. The number of nitrogens with zero attached hydrogens (tertiary/aromatic N) is 3. The van der Waals surface area contributed by atoms with Crippen LogP contribution < -0.4 is 0 Å². The molecule has 2 atom stereocenters. The van der Waals surface area contributed by atoms with Crippen LogP contribution in [0.5, 0.6) is 0 Å². The lowest BCUT2D eigenvalue weighted by molar-refractivity contribution is 0.540. The fourth-order valence-electron chi connectivity index (χ4n) is 1.65. The van der Waals surface area contributed by atoms with Crippen molar-refractivity contribution in [1.82, 2.24) is 20.2 Å². The van der Waals surface area contributed by atoms with Crippen LogP contribution in [0.2, 0.25) is 0 Å². The van der Waals surface area contributed by atoms with Gasteiger partial charge in [-0.25, -0.2) is 4.68 Å². The van der Waals surface area contributed by atoms with E-state index in [0.29, 0.717) is 10.8 Å². The molecule has 1 N–H and O–H groups in total. The minimum Gasteiger partial charge on any atom is -0.239 e. The third-order valence-corrected chi connectivity index (χ3v) is 2.65. The van der Waals surface area contributed by atoms with E-state index < -0.39 is 0 Å². The minimum absolute atomic E-state index is 0.549. The van der Waals surface area contributed by atoms with Gasteiger partial charge in [0.15, 0.2) is 0 Å². The topological polar surface area (TPSA) is 46.5 Å². The Hall–Kier alpha value is -0.710. The molecule has 12 heavy (non-hydrogen) atoms. The molecule has 5 heteroatoms. The van der Waals surface area contributed by atoms with Crippen molar-refractivity contribution in [2.75, 3.05) is 0 Å². The number of hydrogen-bond acceptors (Lipinski definition) is 3. The third-order valence-electron chi connectivity index (χ3n) is 2.37. The molecule has 0 aromatic carbocycles. The lowest BCUT2D eigenvalue weighted by Gasteiger charge is -1.97. The largest absolute Gasteiger partial charge is 0.239 e. The maximum Gasteiger partial charge on any atom is 0.238 e. The average Bonchev–Trinajstić information content (AvgIpc) is 2.67. The van der Waals surface area contributed by atoms with Crippen molar-refractivity contribution in [3.8, 4) is 0 Å². The first-order valence-electron chi connectivity index (χ1n) is 4.32. The molecule has 2 unspecified atom stereocenters. The Bertz CT molecular complexity index is 315. The monoisotopic (exact) mass is 184 g/mol. The summed E-state index contributed by atoms with van der Waals surface area (Å²) in [5.74, 6) is 0.795. The van der Waals surface area contributed by atoms with Crippen LogP contribution in [0, 0.1) is 10.7 Å². The van der Waals surface area contributed by atoms with E-state index in [4.69, 9.17) is 12.2 Å². The molecule has 1 aliphatic rings. The van der Waals surface area contributed by atoms with Gasteiger partial charge in [-0.05, 0) is 31.0 Å². The van der Waals surface area contributed by atoms with Crippen molar-refractivity contribution in [2.24, 2.45) is 5.92 Å². The Morgan fingerprint density at radius 1 is 1.75 bits per heavy atom. The zero-order valence-electron chi connectivity index (χ0n) is 7.03. The van der Waals surface area contributed by atoms with Crippen molar-refractivity contribution in [1.29, 1.82) is 0 Å². The smallest absolute Gasteiger partial charge is 0.238 e. The van der Waals surface area contributed by atoms with Crippen LogP contribution in [-0.4, -0.2) is 20.2 Å². The molecule has 1 saturated carbocycles. The maximum atomic E-state index is 5.00. The molecule has 0 aliphatic heterocycles. The molecule has 0 spiro atoms. The minimum atomic E-state index is 0.549. The van der Waals surface area contributed by atoms with Crippen LogP contribution in [0.25, 0.3) is 0 Å². The molecule has 1 aliphatic carbocycles. The van der Waals surface area contributed by atoms with E-state index in [1.54, 1.807) is 0 Å². The Morgan fingerprint density at radius 2 is 2.58 bits per heavy atom. The van der Waals surface area contributed by atoms with Crippen LogP contribution in [0.4, 0.5) is 0 Å². The molecule has 1 aromatic rings. The zero-order valence-corrected chi connectivity index (χ0v) is 7.84. The Morgan fingerprint density at radius 3 is 3.17 bits per heavy atom. The van der Waals surface area contributed by atoms with E-state index in [9.17, 15) is 0 Å². The van der Waals surface area contributed by atoms with Gasteiger partial charge in [0.05, 0.1) is 6.04 Å². The van der Waals surface area contributed by atoms with Gasteiger partial charge < -0.3 is 0 Å². The highest BCUT2D eigenvalue weighted by atomic mass is 32.1.